The Balaban J connectivity index is 3.35. The third kappa shape index (κ3) is 2.08. The molecule has 1 rings (SSSR count). The molecule has 0 fully saturated rings. The molecule has 0 heterocycles. The van der Waals surface area contributed by atoms with Crippen molar-refractivity contribution in [1.82, 2.24) is 0 Å². The van der Waals surface area contributed by atoms with Crippen LogP contribution in [0.3, 0.4) is 0 Å². The van der Waals surface area contributed by atoms with E-state index < -0.39 is 21.2 Å². The van der Waals surface area contributed by atoms with Crippen LogP contribution in [0.5, 0.6) is 0 Å². The third-order valence-corrected chi connectivity index (χ3v) is 1.84. The Hall–Kier alpha value is -2.58. The van der Waals surface area contributed by atoms with Crippen molar-refractivity contribution < 1.29 is 9.85 Å². The Morgan fingerprint density at radius 3 is 2.31 bits per heavy atom. The fraction of sp³-hybridized carbons (Fsp3) is 0.143. The van der Waals surface area contributed by atoms with Gasteiger partial charge >= 0.3 is 5.69 Å². The molecule has 0 aliphatic carbocycles. The van der Waals surface area contributed by atoms with E-state index in [0.717, 1.165) is 23.2 Å². The van der Waals surface area contributed by atoms with Gasteiger partial charge in [0.05, 0.1) is 21.2 Å². The molecule has 0 radical (unpaired) electrons. The molecule has 9 nitrogen and oxygen atoms in total. The van der Waals surface area contributed by atoms with Crippen molar-refractivity contribution in [2.75, 3.05) is 12.1 Å². The smallest absolute Gasteiger partial charge is 0.258 e. The summed E-state index contributed by atoms with van der Waals surface area (Å²) in [5.41, 5.74) is -1.07. The maximum atomic E-state index is 10.6. The second-order valence-corrected chi connectivity index (χ2v) is 2.79. The van der Waals surface area contributed by atoms with Crippen LogP contribution in [-0.4, -0.2) is 16.9 Å². The molecule has 0 N–H and O–H groups in total. The fourth-order valence-corrected chi connectivity index (χ4v) is 1.09. The highest BCUT2D eigenvalue weighted by Crippen LogP contribution is 2.31. The lowest BCUT2D eigenvalue weighted by molar-refractivity contribution is -0.393. The Labute approximate surface area is 88.5 Å². The van der Waals surface area contributed by atoms with Crippen LogP contribution in [-0.2, 0) is 0 Å². The monoisotopic (exact) mass is 226 g/mol. The van der Waals surface area contributed by atoms with Gasteiger partial charge in [0.2, 0.25) is 0 Å². The van der Waals surface area contributed by atoms with Crippen LogP contribution in [0.4, 0.5) is 17.1 Å². The van der Waals surface area contributed by atoms with E-state index in [1.165, 1.54) is 7.05 Å². The average molecular weight is 226 g/mol. The van der Waals surface area contributed by atoms with E-state index in [2.05, 4.69) is 5.29 Å². The molecule has 9 heteroatoms. The maximum Gasteiger partial charge on any atom is 0.301 e. The molecular weight excluding hydrogens is 220 g/mol. The lowest BCUT2D eigenvalue weighted by Gasteiger charge is -2.07. The van der Waals surface area contributed by atoms with Crippen molar-refractivity contribution in [2.45, 2.75) is 0 Å². The van der Waals surface area contributed by atoms with E-state index >= 15 is 0 Å². The van der Waals surface area contributed by atoms with Crippen LogP contribution >= 0.6 is 0 Å². The maximum absolute atomic E-state index is 10.6. The van der Waals surface area contributed by atoms with E-state index in [1.54, 1.807) is 0 Å². The second kappa shape index (κ2) is 4.29. The minimum absolute atomic E-state index is 0.106. The molecular formula is C7H6N4O5. The van der Waals surface area contributed by atoms with E-state index in [0.29, 0.717) is 0 Å². The molecule has 1 aromatic carbocycles. The number of nitrogens with zero attached hydrogens (tertiary/aromatic N) is 4. The lowest BCUT2D eigenvalue weighted by Crippen LogP contribution is -2.09. The number of nitroso groups, excluding NO2 is 1. The van der Waals surface area contributed by atoms with Crippen LogP contribution in [0, 0.1) is 25.1 Å². The molecule has 0 saturated heterocycles. The van der Waals surface area contributed by atoms with Crippen LogP contribution < -0.4 is 5.01 Å². The predicted molar refractivity (Wildman–Crippen MR) is 53.9 cm³/mol. The van der Waals surface area contributed by atoms with Crippen LogP contribution in [0.1, 0.15) is 0 Å². The minimum atomic E-state index is -0.815. The summed E-state index contributed by atoms with van der Waals surface area (Å²) in [5.74, 6) is 0. The molecule has 16 heavy (non-hydrogen) atoms. The summed E-state index contributed by atoms with van der Waals surface area (Å²) in [7, 11) is 1.21. The van der Waals surface area contributed by atoms with Crippen LogP contribution in [0.15, 0.2) is 23.5 Å². The highest BCUT2D eigenvalue weighted by atomic mass is 16.6. The zero-order valence-electron chi connectivity index (χ0n) is 8.06. The van der Waals surface area contributed by atoms with Gasteiger partial charge in [-0.15, -0.1) is 4.91 Å². The first kappa shape index (κ1) is 11.5. The predicted octanol–water partition coefficient (Wildman–Crippen LogP) is 1.62. The summed E-state index contributed by atoms with van der Waals surface area (Å²) < 4.78 is 0. The van der Waals surface area contributed by atoms with Gasteiger partial charge < -0.3 is 0 Å². The van der Waals surface area contributed by atoms with Gasteiger partial charge in [0.1, 0.15) is 5.69 Å². The number of hydrogen-bond acceptors (Lipinski definition) is 6. The minimum Gasteiger partial charge on any atom is -0.258 e. The number of hydrogen-bond donors (Lipinski definition) is 0. The van der Waals surface area contributed by atoms with Crippen molar-refractivity contribution in [1.29, 1.82) is 0 Å². The SMILES string of the molecule is CN(N=O)c1ccc([N+](=O)[O-])cc1[N+](=O)[O-]. The summed E-state index contributed by atoms with van der Waals surface area (Å²) in [6, 6.07) is 2.93. The first-order valence-electron chi connectivity index (χ1n) is 3.97. The van der Waals surface area contributed by atoms with E-state index in [-0.39, 0.29) is 5.69 Å². The molecule has 0 atom stereocenters. The first-order chi connectivity index (χ1) is 7.47. The van der Waals surface area contributed by atoms with Gasteiger partial charge in [0.15, 0.2) is 0 Å². The Morgan fingerprint density at radius 1 is 1.25 bits per heavy atom. The van der Waals surface area contributed by atoms with Crippen molar-refractivity contribution in [3.63, 3.8) is 0 Å². The number of nitro benzene ring substituents is 2. The quantitative estimate of drug-likeness (QED) is 0.437. The molecule has 0 amide bonds. The van der Waals surface area contributed by atoms with Crippen LogP contribution in [0.25, 0.3) is 0 Å². The lowest BCUT2D eigenvalue weighted by atomic mass is 10.2. The summed E-state index contributed by atoms with van der Waals surface area (Å²) in [4.78, 5) is 29.7. The van der Waals surface area contributed by atoms with Gasteiger partial charge in [-0.25, -0.2) is 5.01 Å². The summed E-state index contributed by atoms with van der Waals surface area (Å²) in [5, 5.41) is 24.2. The molecule has 0 unspecified atom stereocenters. The molecule has 1 aromatic rings. The van der Waals surface area contributed by atoms with E-state index in [1.807, 2.05) is 0 Å². The Morgan fingerprint density at radius 2 is 1.88 bits per heavy atom. The van der Waals surface area contributed by atoms with E-state index in [4.69, 9.17) is 0 Å². The second-order valence-electron chi connectivity index (χ2n) is 2.79. The van der Waals surface area contributed by atoms with Gasteiger partial charge in [0.25, 0.3) is 5.69 Å². The van der Waals surface area contributed by atoms with Gasteiger partial charge in [-0.1, -0.05) is 0 Å². The summed E-state index contributed by atoms with van der Waals surface area (Å²) >= 11 is 0. The van der Waals surface area contributed by atoms with Crippen molar-refractivity contribution in [2.24, 2.45) is 5.29 Å². The van der Waals surface area contributed by atoms with Crippen molar-refractivity contribution >= 4 is 17.1 Å². The average Bonchev–Trinajstić information content (AvgIpc) is 2.26. The topological polar surface area (TPSA) is 119 Å². The molecule has 0 aliphatic rings. The number of non-ortho nitro benzene ring substituents is 1. The largest absolute Gasteiger partial charge is 0.301 e. The summed E-state index contributed by atoms with van der Waals surface area (Å²) in [6.07, 6.45) is 0. The van der Waals surface area contributed by atoms with Gasteiger partial charge in [-0.05, 0) is 6.07 Å². The summed E-state index contributed by atoms with van der Waals surface area (Å²) in [6.45, 7) is 0. The molecule has 84 valence electrons. The molecule has 0 saturated carbocycles. The number of nitro groups is 2. The fourth-order valence-electron chi connectivity index (χ4n) is 1.09. The number of anilines is 1. The molecule has 0 aliphatic heterocycles. The van der Waals surface area contributed by atoms with Crippen molar-refractivity contribution in [3.05, 3.63) is 43.3 Å². The zero-order chi connectivity index (χ0) is 12.3. The Kier molecular flexibility index (Phi) is 3.09. The first-order valence-corrected chi connectivity index (χ1v) is 3.97. The van der Waals surface area contributed by atoms with Gasteiger partial charge in [0, 0.05) is 13.1 Å². The van der Waals surface area contributed by atoms with Gasteiger partial charge in [-0.3, -0.25) is 20.2 Å². The van der Waals surface area contributed by atoms with Gasteiger partial charge in [-0.2, -0.15) is 0 Å². The highest BCUT2D eigenvalue weighted by Gasteiger charge is 2.22. The van der Waals surface area contributed by atoms with E-state index in [9.17, 15) is 25.1 Å². The molecule has 0 spiro atoms. The molecule has 0 bridgehead atoms. The highest BCUT2D eigenvalue weighted by molar-refractivity contribution is 5.65. The molecule has 0 aromatic heterocycles. The van der Waals surface area contributed by atoms with Crippen molar-refractivity contribution in [3.8, 4) is 0 Å². The third-order valence-electron chi connectivity index (χ3n) is 1.84. The number of rotatable bonds is 4. The standard InChI is InChI=1S/C7H6N4O5/c1-9(8-12)6-3-2-5(10(13)14)4-7(6)11(15)16/h2-4H,1H3. The van der Waals surface area contributed by atoms with Crippen LogP contribution in [0.2, 0.25) is 0 Å². The number of benzene rings is 1. The Bertz CT molecular complexity index is 460. The zero-order valence-corrected chi connectivity index (χ0v) is 8.06. The normalized spacial score (nSPS) is 9.56.